The van der Waals surface area contributed by atoms with Crippen molar-refractivity contribution in [3.05, 3.63) is 0 Å². The number of alkyl halides is 3. The molecule has 0 aliphatic heterocycles. The molecule has 7 heavy (non-hydrogen) atoms. The van der Waals surface area contributed by atoms with Gasteiger partial charge in [-0.3, -0.25) is 0 Å². The Balaban J connectivity index is 3.79. The lowest BCUT2D eigenvalue weighted by atomic mass is 10.8. The second-order valence-electron chi connectivity index (χ2n) is 0.803. The summed E-state index contributed by atoms with van der Waals surface area (Å²) in [5.74, 6) is -1.09. The zero-order valence-corrected chi connectivity index (χ0v) is 7.49. The summed E-state index contributed by atoms with van der Waals surface area (Å²) in [6.07, 6.45) is 0. The largest absolute Gasteiger partial charge is 0.479 e. The molecule has 0 aliphatic carbocycles. The van der Waals surface area contributed by atoms with Crippen LogP contribution >= 0.6 is 50.1 Å². The highest BCUT2D eigenvalue weighted by atomic mass is 127. The molecule has 2 nitrogen and oxygen atoms in total. The van der Waals surface area contributed by atoms with Crippen LogP contribution in [-0.4, -0.2) is 12.9 Å². The van der Waals surface area contributed by atoms with Crippen molar-refractivity contribution in [1.29, 1.82) is 0 Å². The Labute approximate surface area is 67.5 Å². The van der Waals surface area contributed by atoms with Crippen LogP contribution in [0.5, 0.6) is 0 Å². The van der Waals surface area contributed by atoms with Gasteiger partial charge in [-0.2, -0.15) is 0 Å². The fourth-order valence-corrected chi connectivity index (χ4v) is 0. The van der Waals surface area contributed by atoms with Crippen LogP contribution in [0, 0.1) is 0 Å². The maximum atomic E-state index is 9.83. The first-order chi connectivity index (χ1) is 2.94. The van der Waals surface area contributed by atoms with Crippen molar-refractivity contribution >= 4 is 56.1 Å². The van der Waals surface area contributed by atoms with Gasteiger partial charge in [-0.15, -0.1) is 0 Å². The van der Waals surface area contributed by atoms with Crippen molar-refractivity contribution in [3.63, 3.8) is 0 Å². The van der Waals surface area contributed by atoms with Crippen molar-refractivity contribution in [3.8, 4) is 0 Å². The summed E-state index contributed by atoms with van der Waals surface area (Å²) in [4.78, 5) is 9.83. The van der Waals surface area contributed by atoms with Crippen molar-refractivity contribution in [1.82, 2.24) is 0 Å². The first-order valence-electron chi connectivity index (χ1n) is 1.24. The third kappa shape index (κ3) is 3.54. The smallest absolute Gasteiger partial charge is 0.346 e. The Morgan fingerprint density at radius 3 is 2.14 bits per heavy atom. The van der Waals surface area contributed by atoms with Crippen LogP contribution in [0.1, 0.15) is 0 Å². The van der Waals surface area contributed by atoms with E-state index in [1.807, 2.05) is 0 Å². The minimum absolute atomic E-state index is 1.09. The number of hydrogen-bond donors (Lipinski definition) is 1. The van der Waals surface area contributed by atoms with Gasteiger partial charge in [0.2, 0.25) is 1.79 Å². The van der Waals surface area contributed by atoms with Crippen molar-refractivity contribution in [2.45, 2.75) is 1.79 Å². The molecule has 0 saturated heterocycles. The van der Waals surface area contributed by atoms with E-state index in [2.05, 4.69) is 15.9 Å². The Morgan fingerprint density at radius 2 is 2.14 bits per heavy atom. The number of hydrogen-bond acceptors (Lipinski definition) is 1. The average Bonchev–Trinajstić information content (AvgIpc) is 1.31. The van der Waals surface area contributed by atoms with E-state index in [0.29, 0.717) is 0 Å². The van der Waals surface area contributed by atoms with Crippen LogP contribution in [-0.2, 0) is 4.79 Å². The van der Waals surface area contributed by atoms with Gasteiger partial charge in [0, 0.05) is 0 Å². The fraction of sp³-hybridized carbons (Fsp3) is 0.500. The number of carbonyl (C=O) groups is 1. The first-order valence-corrected chi connectivity index (χ1v) is 3.49. The topological polar surface area (TPSA) is 37.3 Å². The molecule has 0 aromatic heterocycles. The minimum atomic E-state index is -1.33. The lowest BCUT2D eigenvalue weighted by Gasteiger charge is -2.00. The van der Waals surface area contributed by atoms with Crippen LogP contribution in [0.4, 0.5) is 0 Å². The molecule has 0 rings (SSSR count). The molecule has 0 aromatic rings. The van der Waals surface area contributed by atoms with Gasteiger partial charge in [-0.25, -0.2) is 4.79 Å². The number of halogens is 3. The standard InChI is InChI=1S/C2HBrClIO2/c3-2(4,5)1(6)7/h(H,6,7). The molecule has 0 heterocycles. The number of aliphatic carboxylic acids is 1. The van der Waals surface area contributed by atoms with Gasteiger partial charge < -0.3 is 5.11 Å². The SMILES string of the molecule is O=C(O)C(Cl)(Br)I. The zero-order chi connectivity index (χ0) is 6.08. The molecule has 0 spiro atoms. The molecule has 42 valence electrons. The fourth-order valence-electron chi connectivity index (χ4n) is 0. The molecule has 5 heteroatoms. The van der Waals surface area contributed by atoms with Gasteiger partial charge in [0.25, 0.3) is 0 Å². The molecule has 0 amide bonds. The molecule has 0 aromatic carbocycles. The summed E-state index contributed by atoms with van der Waals surface area (Å²) in [6, 6.07) is 0. The lowest BCUT2D eigenvalue weighted by Crippen LogP contribution is -2.15. The Morgan fingerprint density at radius 1 is 2.00 bits per heavy atom. The van der Waals surface area contributed by atoms with E-state index in [-0.39, 0.29) is 0 Å². The van der Waals surface area contributed by atoms with Crippen molar-refractivity contribution in [2.75, 3.05) is 0 Å². The highest BCUT2D eigenvalue weighted by Crippen LogP contribution is 2.31. The van der Waals surface area contributed by atoms with Crippen LogP contribution in [0.3, 0.4) is 0 Å². The number of rotatable bonds is 1. The van der Waals surface area contributed by atoms with Crippen LogP contribution < -0.4 is 0 Å². The predicted molar refractivity (Wildman–Crippen MR) is 39.2 cm³/mol. The van der Waals surface area contributed by atoms with E-state index < -0.39 is 7.76 Å². The van der Waals surface area contributed by atoms with Crippen LogP contribution in [0.25, 0.3) is 0 Å². The second-order valence-corrected chi connectivity index (χ2v) is 6.75. The molecule has 0 saturated carbocycles. The Hall–Kier alpha value is 0.970. The summed E-state index contributed by atoms with van der Waals surface area (Å²) < 4.78 is -1.33. The predicted octanol–water partition coefficient (Wildman–Crippen LogP) is 1.79. The number of carboxylic acid groups (broad SMARTS) is 1. The molecule has 0 aliphatic rings. The monoisotopic (exact) mass is 298 g/mol. The Kier molecular flexibility index (Phi) is 2.85. The van der Waals surface area contributed by atoms with Gasteiger partial charge >= 0.3 is 5.97 Å². The van der Waals surface area contributed by atoms with Crippen LogP contribution in [0.2, 0.25) is 0 Å². The van der Waals surface area contributed by atoms with Crippen molar-refractivity contribution in [2.24, 2.45) is 0 Å². The summed E-state index contributed by atoms with van der Waals surface area (Å²) >= 11 is 9.42. The molecule has 1 N–H and O–H groups in total. The maximum Gasteiger partial charge on any atom is 0.346 e. The second kappa shape index (κ2) is 2.50. The number of carboxylic acids is 1. The molecular weight excluding hydrogens is 298 g/mol. The summed E-state index contributed by atoms with van der Waals surface area (Å²) in [7, 11) is 0. The molecule has 0 fully saturated rings. The first kappa shape index (κ1) is 7.97. The van der Waals surface area contributed by atoms with E-state index in [4.69, 9.17) is 16.7 Å². The van der Waals surface area contributed by atoms with Gasteiger partial charge in [0.15, 0.2) is 0 Å². The quantitative estimate of drug-likeness (QED) is 0.592. The third-order valence-corrected chi connectivity index (χ3v) is 1.20. The van der Waals surface area contributed by atoms with E-state index in [1.54, 1.807) is 22.6 Å². The highest BCUT2D eigenvalue weighted by molar-refractivity contribution is 14.1. The zero-order valence-electron chi connectivity index (χ0n) is 2.99. The van der Waals surface area contributed by atoms with Gasteiger partial charge in [0.05, 0.1) is 0 Å². The average molecular weight is 299 g/mol. The molecule has 1 atom stereocenters. The molecule has 0 bridgehead atoms. The highest BCUT2D eigenvalue weighted by Gasteiger charge is 2.27. The Bertz CT molecular complexity index is 88.2. The van der Waals surface area contributed by atoms with Crippen molar-refractivity contribution < 1.29 is 9.90 Å². The molecule has 0 radical (unpaired) electrons. The lowest BCUT2D eigenvalue weighted by molar-refractivity contribution is -0.135. The minimum Gasteiger partial charge on any atom is -0.479 e. The maximum absolute atomic E-state index is 9.83. The van der Waals surface area contributed by atoms with Gasteiger partial charge in [-0.05, 0) is 38.5 Å². The van der Waals surface area contributed by atoms with E-state index >= 15 is 0 Å². The molecule has 1 unspecified atom stereocenters. The van der Waals surface area contributed by atoms with E-state index in [0.717, 1.165) is 0 Å². The van der Waals surface area contributed by atoms with Gasteiger partial charge in [-0.1, -0.05) is 11.6 Å². The van der Waals surface area contributed by atoms with Crippen LogP contribution in [0.15, 0.2) is 0 Å². The van der Waals surface area contributed by atoms with E-state index in [9.17, 15) is 4.79 Å². The van der Waals surface area contributed by atoms with E-state index in [1.165, 1.54) is 0 Å². The third-order valence-electron chi connectivity index (χ3n) is 0.243. The van der Waals surface area contributed by atoms with Gasteiger partial charge in [0.1, 0.15) is 0 Å². The summed E-state index contributed by atoms with van der Waals surface area (Å²) in [5, 5.41) is 8.06. The molecular formula is C2HBrClIO2. The summed E-state index contributed by atoms with van der Waals surface area (Å²) in [6.45, 7) is 0. The summed E-state index contributed by atoms with van der Waals surface area (Å²) in [5.41, 5.74) is 0. The normalized spacial score (nSPS) is 18.1.